The van der Waals surface area contributed by atoms with Crippen LogP contribution in [0.2, 0.25) is 0 Å². The van der Waals surface area contributed by atoms with Crippen molar-refractivity contribution < 1.29 is 9.18 Å². The highest BCUT2D eigenvalue weighted by Crippen LogP contribution is 2.18. The molecule has 1 aromatic rings. The van der Waals surface area contributed by atoms with Gasteiger partial charge in [0.05, 0.1) is 6.54 Å². The van der Waals surface area contributed by atoms with Crippen LogP contribution in [-0.4, -0.2) is 19.4 Å². The van der Waals surface area contributed by atoms with Gasteiger partial charge in [-0.3, -0.25) is 4.79 Å². The topological polar surface area (TPSA) is 20.3 Å². The minimum atomic E-state index is -0.419. The SMILES string of the molecule is C#CCN(CCC)c1cc(F)cc(C=O)c1. The fourth-order valence-corrected chi connectivity index (χ4v) is 1.53. The predicted octanol–water partition coefficient (Wildman–Crippen LogP) is 2.49. The lowest BCUT2D eigenvalue weighted by molar-refractivity contribution is 0.112. The van der Waals surface area contributed by atoms with E-state index in [9.17, 15) is 9.18 Å². The average Bonchev–Trinajstić information content (AvgIpc) is 2.28. The number of hydrogen-bond acceptors (Lipinski definition) is 2. The molecule has 0 aliphatic heterocycles. The van der Waals surface area contributed by atoms with Gasteiger partial charge in [0.15, 0.2) is 0 Å². The maximum Gasteiger partial charge on any atom is 0.150 e. The number of benzene rings is 1. The average molecular weight is 219 g/mol. The Labute approximate surface area is 95.1 Å². The van der Waals surface area contributed by atoms with Crippen molar-refractivity contribution in [3.8, 4) is 12.3 Å². The first-order chi connectivity index (χ1) is 7.71. The molecule has 0 spiro atoms. The first kappa shape index (κ1) is 12.3. The normalized spacial score (nSPS) is 9.56. The fourth-order valence-electron chi connectivity index (χ4n) is 1.53. The zero-order valence-corrected chi connectivity index (χ0v) is 9.24. The second kappa shape index (κ2) is 5.92. The van der Waals surface area contributed by atoms with E-state index in [1.165, 1.54) is 12.1 Å². The van der Waals surface area contributed by atoms with Crippen LogP contribution in [0.5, 0.6) is 0 Å². The van der Waals surface area contributed by atoms with Gasteiger partial charge in [0.1, 0.15) is 12.1 Å². The molecule has 0 saturated heterocycles. The summed E-state index contributed by atoms with van der Waals surface area (Å²) in [5.74, 6) is 2.10. The van der Waals surface area contributed by atoms with Crippen molar-refractivity contribution >= 4 is 12.0 Å². The Morgan fingerprint density at radius 3 is 2.81 bits per heavy atom. The maximum atomic E-state index is 13.2. The van der Waals surface area contributed by atoms with Crippen molar-refractivity contribution in [2.75, 3.05) is 18.0 Å². The summed E-state index contributed by atoms with van der Waals surface area (Å²) in [7, 11) is 0. The van der Waals surface area contributed by atoms with Crippen molar-refractivity contribution in [3.63, 3.8) is 0 Å². The summed E-state index contributed by atoms with van der Waals surface area (Å²) in [6.45, 7) is 3.17. The van der Waals surface area contributed by atoms with Crippen LogP contribution in [0.1, 0.15) is 23.7 Å². The molecule has 0 atom stereocenters. The molecule has 0 heterocycles. The first-order valence-electron chi connectivity index (χ1n) is 5.15. The molecule has 2 nitrogen and oxygen atoms in total. The van der Waals surface area contributed by atoms with Crippen LogP contribution >= 0.6 is 0 Å². The van der Waals surface area contributed by atoms with E-state index in [0.29, 0.717) is 24.1 Å². The third-order valence-corrected chi connectivity index (χ3v) is 2.18. The molecular formula is C13H14FNO. The van der Waals surface area contributed by atoms with Gasteiger partial charge >= 0.3 is 0 Å². The molecule has 1 aromatic carbocycles. The summed E-state index contributed by atoms with van der Waals surface area (Å²) in [6.07, 6.45) is 6.79. The lowest BCUT2D eigenvalue weighted by Gasteiger charge is -2.22. The molecule has 0 fully saturated rings. The number of anilines is 1. The van der Waals surface area contributed by atoms with Crippen LogP contribution in [0.4, 0.5) is 10.1 Å². The number of rotatable bonds is 5. The van der Waals surface area contributed by atoms with Gasteiger partial charge in [0, 0.05) is 17.8 Å². The van der Waals surface area contributed by atoms with Gasteiger partial charge in [-0.05, 0) is 24.6 Å². The van der Waals surface area contributed by atoms with Crippen molar-refractivity contribution in [1.82, 2.24) is 0 Å². The fraction of sp³-hybridized carbons (Fsp3) is 0.308. The molecule has 0 aliphatic carbocycles. The van der Waals surface area contributed by atoms with Gasteiger partial charge in [-0.2, -0.15) is 0 Å². The smallest absolute Gasteiger partial charge is 0.150 e. The lowest BCUT2D eigenvalue weighted by atomic mass is 10.2. The molecule has 16 heavy (non-hydrogen) atoms. The van der Waals surface area contributed by atoms with Crippen molar-refractivity contribution in [1.29, 1.82) is 0 Å². The second-order valence-corrected chi connectivity index (χ2v) is 3.49. The van der Waals surface area contributed by atoms with E-state index in [2.05, 4.69) is 5.92 Å². The standard InChI is InChI=1S/C13H14FNO/c1-3-5-15(6-4-2)13-8-11(10-16)7-12(14)9-13/h1,7-10H,4-6H2,2H3. The Balaban J connectivity index is 3.03. The highest BCUT2D eigenvalue weighted by molar-refractivity contribution is 5.77. The van der Waals surface area contributed by atoms with Crippen molar-refractivity contribution in [2.45, 2.75) is 13.3 Å². The van der Waals surface area contributed by atoms with E-state index in [0.717, 1.165) is 13.0 Å². The predicted molar refractivity (Wildman–Crippen MR) is 63.1 cm³/mol. The quantitative estimate of drug-likeness (QED) is 0.560. The molecule has 0 radical (unpaired) electrons. The van der Waals surface area contributed by atoms with E-state index in [-0.39, 0.29) is 0 Å². The third kappa shape index (κ3) is 3.09. The number of terminal acetylenes is 1. The van der Waals surface area contributed by atoms with E-state index >= 15 is 0 Å². The molecule has 0 aromatic heterocycles. The Kier molecular flexibility index (Phi) is 4.53. The summed E-state index contributed by atoms with van der Waals surface area (Å²) in [4.78, 5) is 12.5. The molecule has 0 N–H and O–H groups in total. The number of aldehydes is 1. The number of halogens is 1. The Bertz CT molecular complexity index is 409. The van der Waals surface area contributed by atoms with Gasteiger partial charge in [0.2, 0.25) is 0 Å². The summed E-state index contributed by atoms with van der Waals surface area (Å²) in [5, 5.41) is 0. The van der Waals surface area contributed by atoms with Gasteiger partial charge in [-0.1, -0.05) is 12.8 Å². The molecule has 0 aliphatic rings. The second-order valence-electron chi connectivity index (χ2n) is 3.49. The molecule has 0 amide bonds. The Hall–Kier alpha value is -1.82. The van der Waals surface area contributed by atoms with Crippen molar-refractivity contribution in [2.24, 2.45) is 0 Å². The number of nitrogens with zero attached hydrogens (tertiary/aromatic N) is 1. The van der Waals surface area contributed by atoms with Crippen LogP contribution in [0.15, 0.2) is 18.2 Å². The molecule has 3 heteroatoms. The van der Waals surface area contributed by atoms with Crippen LogP contribution in [-0.2, 0) is 0 Å². The van der Waals surface area contributed by atoms with Gasteiger partial charge in [-0.25, -0.2) is 4.39 Å². The Morgan fingerprint density at radius 1 is 1.50 bits per heavy atom. The highest BCUT2D eigenvalue weighted by Gasteiger charge is 2.07. The van der Waals surface area contributed by atoms with Crippen molar-refractivity contribution in [3.05, 3.63) is 29.6 Å². The lowest BCUT2D eigenvalue weighted by Crippen LogP contribution is -2.24. The summed E-state index contributed by atoms with van der Waals surface area (Å²) in [6, 6.07) is 4.24. The molecule has 84 valence electrons. The molecule has 0 unspecified atom stereocenters. The number of carbonyl (C=O) groups excluding carboxylic acids is 1. The van der Waals surface area contributed by atoms with Crippen LogP contribution in [0.3, 0.4) is 0 Å². The van der Waals surface area contributed by atoms with Crippen LogP contribution < -0.4 is 4.90 Å². The number of carbonyl (C=O) groups is 1. The molecule has 1 rings (SSSR count). The van der Waals surface area contributed by atoms with E-state index in [4.69, 9.17) is 6.42 Å². The zero-order valence-electron chi connectivity index (χ0n) is 9.24. The monoisotopic (exact) mass is 219 g/mol. The number of hydrogen-bond donors (Lipinski definition) is 0. The molecular weight excluding hydrogens is 205 g/mol. The summed E-state index contributed by atoms with van der Waals surface area (Å²) >= 11 is 0. The van der Waals surface area contributed by atoms with Gasteiger partial charge < -0.3 is 4.90 Å². The molecule has 0 bridgehead atoms. The summed E-state index contributed by atoms with van der Waals surface area (Å²) < 4.78 is 13.2. The zero-order chi connectivity index (χ0) is 12.0. The van der Waals surface area contributed by atoms with E-state index < -0.39 is 5.82 Å². The highest BCUT2D eigenvalue weighted by atomic mass is 19.1. The van der Waals surface area contributed by atoms with Crippen LogP contribution in [0, 0.1) is 18.2 Å². The summed E-state index contributed by atoms with van der Waals surface area (Å²) in [5.41, 5.74) is 0.982. The maximum absolute atomic E-state index is 13.2. The van der Waals surface area contributed by atoms with Gasteiger partial charge in [-0.15, -0.1) is 6.42 Å². The minimum absolute atomic E-state index is 0.327. The molecule has 0 saturated carbocycles. The largest absolute Gasteiger partial charge is 0.360 e. The first-order valence-corrected chi connectivity index (χ1v) is 5.15. The Morgan fingerprint density at radius 2 is 2.25 bits per heavy atom. The third-order valence-electron chi connectivity index (χ3n) is 2.18. The van der Waals surface area contributed by atoms with Gasteiger partial charge in [0.25, 0.3) is 0 Å². The minimum Gasteiger partial charge on any atom is -0.360 e. The van der Waals surface area contributed by atoms with E-state index in [1.54, 1.807) is 6.07 Å². The van der Waals surface area contributed by atoms with Crippen LogP contribution in [0.25, 0.3) is 0 Å². The van der Waals surface area contributed by atoms with E-state index in [1.807, 2.05) is 11.8 Å².